The molecule has 0 amide bonds. The van der Waals surface area contributed by atoms with Crippen LogP contribution in [-0.2, 0) is 5.41 Å². The van der Waals surface area contributed by atoms with Crippen molar-refractivity contribution >= 4 is 0 Å². The van der Waals surface area contributed by atoms with E-state index in [0.29, 0.717) is 0 Å². The minimum absolute atomic E-state index is 0.156. The lowest BCUT2D eigenvalue weighted by Gasteiger charge is -2.13. The van der Waals surface area contributed by atoms with Crippen molar-refractivity contribution in [1.82, 2.24) is 0 Å². The fourth-order valence-electron chi connectivity index (χ4n) is 0.705. The summed E-state index contributed by atoms with van der Waals surface area (Å²) in [6, 6.07) is 3.92. The van der Waals surface area contributed by atoms with Gasteiger partial charge in [-0.05, 0) is 12.1 Å². The van der Waals surface area contributed by atoms with Gasteiger partial charge in [0.2, 0.25) is 0 Å². The molecule has 0 aliphatic rings. The monoisotopic (exact) mass is 154 g/mol. The second-order valence-electron chi connectivity index (χ2n) is 3.23. The number of rotatable bonds is 0. The van der Waals surface area contributed by atoms with Gasteiger partial charge in [-0.25, -0.2) is 0 Å². The highest BCUT2D eigenvalue weighted by Crippen LogP contribution is 2.21. The zero-order valence-electron chi connectivity index (χ0n) is 8.14. The van der Waals surface area contributed by atoms with Gasteiger partial charge in [0, 0.05) is 5.41 Å². The Morgan fingerprint density at radius 3 is 1.91 bits per heavy atom. The van der Waals surface area contributed by atoms with Crippen molar-refractivity contribution in [2.45, 2.75) is 40.0 Å². The summed E-state index contributed by atoms with van der Waals surface area (Å²) in [5, 5.41) is 0. The van der Waals surface area contributed by atoms with Crippen LogP contribution in [0.2, 0.25) is 0 Å². The zero-order valence-corrected chi connectivity index (χ0v) is 8.14. The second-order valence-corrected chi connectivity index (χ2v) is 3.23. The van der Waals surface area contributed by atoms with Crippen molar-refractivity contribution in [3.63, 3.8) is 0 Å². The number of hydrogen-bond acceptors (Lipinski definition) is 1. The highest BCUT2D eigenvalue weighted by atomic mass is 16.3. The van der Waals surface area contributed by atoms with Crippen LogP contribution in [0.4, 0.5) is 0 Å². The summed E-state index contributed by atoms with van der Waals surface area (Å²) in [5.41, 5.74) is 0.156. The Kier molecular flexibility index (Phi) is 3.94. The second kappa shape index (κ2) is 4.22. The molecule has 1 heteroatoms. The summed E-state index contributed by atoms with van der Waals surface area (Å²) in [6.07, 6.45) is 1.71. The SMILES string of the molecule is CC.CC(C)(C)c1ccco1. The van der Waals surface area contributed by atoms with Crippen LogP contribution in [0.1, 0.15) is 40.4 Å². The van der Waals surface area contributed by atoms with E-state index in [1.807, 2.05) is 26.0 Å². The third kappa shape index (κ3) is 3.26. The molecule has 64 valence electrons. The van der Waals surface area contributed by atoms with E-state index >= 15 is 0 Å². The predicted molar refractivity (Wildman–Crippen MR) is 48.8 cm³/mol. The van der Waals surface area contributed by atoms with E-state index in [9.17, 15) is 0 Å². The molecule has 0 atom stereocenters. The van der Waals surface area contributed by atoms with Crippen molar-refractivity contribution < 1.29 is 4.42 Å². The fraction of sp³-hybridized carbons (Fsp3) is 0.600. The highest BCUT2D eigenvalue weighted by molar-refractivity contribution is 5.08. The van der Waals surface area contributed by atoms with Crippen molar-refractivity contribution in [3.8, 4) is 0 Å². The average Bonchev–Trinajstić information content (AvgIpc) is 2.40. The van der Waals surface area contributed by atoms with E-state index in [1.165, 1.54) is 0 Å². The molecule has 0 saturated heterocycles. The Balaban J connectivity index is 0.000000461. The smallest absolute Gasteiger partial charge is 0.109 e. The minimum atomic E-state index is 0.156. The first kappa shape index (κ1) is 10.3. The molecule has 0 saturated carbocycles. The third-order valence-corrected chi connectivity index (χ3v) is 1.26. The number of hydrogen-bond donors (Lipinski definition) is 0. The van der Waals surface area contributed by atoms with Crippen molar-refractivity contribution in [3.05, 3.63) is 24.2 Å². The van der Waals surface area contributed by atoms with Gasteiger partial charge in [-0.15, -0.1) is 0 Å². The molecule has 0 fully saturated rings. The van der Waals surface area contributed by atoms with Crippen molar-refractivity contribution in [1.29, 1.82) is 0 Å². The Morgan fingerprint density at radius 2 is 1.73 bits per heavy atom. The normalized spacial score (nSPS) is 10.3. The molecule has 1 nitrogen and oxygen atoms in total. The van der Waals surface area contributed by atoms with Crippen LogP contribution in [0.3, 0.4) is 0 Å². The van der Waals surface area contributed by atoms with E-state index in [1.54, 1.807) is 6.26 Å². The first-order valence-corrected chi connectivity index (χ1v) is 4.15. The number of furan rings is 1. The van der Waals surface area contributed by atoms with E-state index in [0.717, 1.165) is 5.76 Å². The lowest BCUT2D eigenvalue weighted by atomic mass is 9.94. The van der Waals surface area contributed by atoms with Crippen LogP contribution in [0.15, 0.2) is 22.8 Å². The van der Waals surface area contributed by atoms with Crippen LogP contribution < -0.4 is 0 Å². The molecule has 0 aliphatic heterocycles. The van der Waals surface area contributed by atoms with E-state index in [4.69, 9.17) is 4.42 Å². The van der Waals surface area contributed by atoms with Gasteiger partial charge in [0.1, 0.15) is 5.76 Å². The molecule has 1 aromatic heterocycles. The summed E-state index contributed by atoms with van der Waals surface area (Å²) in [4.78, 5) is 0. The molecule has 0 aliphatic carbocycles. The van der Waals surface area contributed by atoms with Crippen LogP contribution in [0.5, 0.6) is 0 Å². The summed E-state index contributed by atoms with van der Waals surface area (Å²) in [5.74, 6) is 1.04. The molecule has 1 heterocycles. The summed E-state index contributed by atoms with van der Waals surface area (Å²) < 4.78 is 5.20. The first-order chi connectivity index (χ1) is 5.11. The summed E-state index contributed by atoms with van der Waals surface area (Å²) in [6.45, 7) is 10.4. The molecule has 0 aromatic carbocycles. The van der Waals surface area contributed by atoms with Gasteiger partial charge in [-0.2, -0.15) is 0 Å². The molecular weight excluding hydrogens is 136 g/mol. The summed E-state index contributed by atoms with van der Waals surface area (Å²) in [7, 11) is 0. The molecule has 0 spiro atoms. The topological polar surface area (TPSA) is 13.1 Å². The molecule has 1 aromatic rings. The Morgan fingerprint density at radius 1 is 1.18 bits per heavy atom. The molecule has 11 heavy (non-hydrogen) atoms. The maximum Gasteiger partial charge on any atom is 0.109 e. The predicted octanol–water partition coefficient (Wildman–Crippen LogP) is 3.60. The largest absolute Gasteiger partial charge is 0.469 e. The average molecular weight is 154 g/mol. The summed E-state index contributed by atoms with van der Waals surface area (Å²) >= 11 is 0. The molecule has 1 rings (SSSR count). The van der Waals surface area contributed by atoms with Gasteiger partial charge in [-0.1, -0.05) is 34.6 Å². The molecule has 0 bridgehead atoms. The minimum Gasteiger partial charge on any atom is -0.469 e. The van der Waals surface area contributed by atoms with Gasteiger partial charge in [0.15, 0.2) is 0 Å². The van der Waals surface area contributed by atoms with Crippen molar-refractivity contribution in [2.24, 2.45) is 0 Å². The standard InChI is InChI=1S/C8H12O.C2H6/c1-8(2,3)7-5-4-6-9-7;1-2/h4-6H,1-3H3;1-2H3. The zero-order chi connectivity index (χ0) is 8.91. The van der Waals surface area contributed by atoms with Crippen molar-refractivity contribution in [2.75, 3.05) is 0 Å². The lowest BCUT2D eigenvalue weighted by Crippen LogP contribution is -2.08. The quantitative estimate of drug-likeness (QED) is 0.556. The van der Waals surface area contributed by atoms with Gasteiger partial charge in [0.25, 0.3) is 0 Å². The van der Waals surface area contributed by atoms with Crippen LogP contribution in [-0.4, -0.2) is 0 Å². The van der Waals surface area contributed by atoms with Crippen LogP contribution in [0.25, 0.3) is 0 Å². The van der Waals surface area contributed by atoms with E-state index in [-0.39, 0.29) is 5.41 Å². The lowest BCUT2D eigenvalue weighted by molar-refractivity contribution is 0.409. The molecular formula is C10H18O. The molecule has 0 radical (unpaired) electrons. The molecule has 0 unspecified atom stereocenters. The Labute approximate surface area is 69.4 Å². The first-order valence-electron chi connectivity index (χ1n) is 4.15. The van der Waals surface area contributed by atoms with Gasteiger partial charge in [0.05, 0.1) is 6.26 Å². The molecule has 0 N–H and O–H groups in total. The Bertz CT molecular complexity index is 167. The third-order valence-electron chi connectivity index (χ3n) is 1.26. The van der Waals surface area contributed by atoms with Gasteiger partial charge < -0.3 is 4.42 Å². The van der Waals surface area contributed by atoms with Crippen LogP contribution in [0, 0.1) is 0 Å². The van der Waals surface area contributed by atoms with E-state index in [2.05, 4.69) is 20.8 Å². The maximum absolute atomic E-state index is 5.20. The van der Waals surface area contributed by atoms with Gasteiger partial charge >= 0.3 is 0 Å². The van der Waals surface area contributed by atoms with E-state index < -0.39 is 0 Å². The van der Waals surface area contributed by atoms with Gasteiger partial charge in [-0.3, -0.25) is 0 Å². The highest BCUT2D eigenvalue weighted by Gasteiger charge is 2.15. The Hall–Kier alpha value is -0.720. The van der Waals surface area contributed by atoms with Crippen LogP contribution >= 0.6 is 0 Å². The maximum atomic E-state index is 5.20. The fourth-order valence-corrected chi connectivity index (χ4v) is 0.705.